The van der Waals surface area contributed by atoms with Crippen LogP contribution in [0.1, 0.15) is 34.1 Å². The van der Waals surface area contributed by atoms with Crippen LogP contribution < -0.4 is 0 Å². The lowest BCUT2D eigenvalue weighted by molar-refractivity contribution is -0.152. The van der Waals surface area contributed by atoms with Crippen molar-refractivity contribution in [2.45, 2.75) is 39.7 Å². The number of carbonyl (C=O) groups excluding carboxylic acids is 1. The molecule has 0 aliphatic rings. The SMILES string of the molecule is CN=C(CC(=O)O)C(=O)OC(C)(C)C(C)C. The maximum Gasteiger partial charge on any atom is 0.353 e. The second kappa shape index (κ2) is 5.63. The number of aliphatic imine (C=N–C) groups is 1. The lowest BCUT2D eigenvalue weighted by Gasteiger charge is -2.29. The van der Waals surface area contributed by atoms with Crippen molar-refractivity contribution < 1.29 is 19.4 Å². The van der Waals surface area contributed by atoms with Gasteiger partial charge in [-0.25, -0.2) is 4.79 Å². The number of hydrogen-bond donors (Lipinski definition) is 1. The number of esters is 1. The van der Waals surface area contributed by atoms with E-state index in [2.05, 4.69) is 4.99 Å². The average Bonchev–Trinajstić information content (AvgIpc) is 2.12. The first-order chi connectivity index (χ1) is 7.20. The van der Waals surface area contributed by atoms with Crippen LogP contribution in [0.3, 0.4) is 0 Å². The minimum absolute atomic E-state index is 0.0683. The van der Waals surface area contributed by atoms with Crippen molar-refractivity contribution in [2.75, 3.05) is 7.05 Å². The number of carboxylic acid groups (broad SMARTS) is 1. The highest BCUT2D eigenvalue weighted by Gasteiger charge is 2.29. The summed E-state index contributed by atoms with van der Waals surface area (Å²) >= 11 is 0. The molecular formula is C11H19NO4. The van der Waals surface area contributed by atoms with E-state index in [0.29, 0.717) is 0 Å². The number of aliphatic carboxylic acids is 1. The van der Waals surface area contributed by atoms with Gasteiger partial charge in [0.1, 0.15) is 11.3 Å². The number of hydrogen-bond acceptors (Lipinski definition) is 4. The predicted octanol–water partition coefficient (Wildman–Crippen LogP) is 1.51. The summed E-state index contributed by atoms with van der Waals surface area (Å²) in [7, 11) is 1.38. The van der Waals surface area contributed by atoms with Crippen molar-refractivity contribution >= 4 is 17.7 Å². The van der Waals surface area contributed by atoms with Gasteiger partial charge >= 0.3 is 11.9 Å². The molecule has 5 heteroatoms. The Morgan fingerprint density at radius 1 is 1.38 bits per heavy atom. The van der Waals surface area contributed by atoms with E-state index in [1.807, 2.05) is 13.8 Å². The van der Waals surface area contributed by atoms with Crippen LogP contribution in [0.5, 0.6) is 0 Å². The smallest absolute Gasteiger partial charge is 0.353 e. The van der Waals surface area contributed by atoms with Gasteiger partial charge in [-0.05, 0) is 19.8 Å². The number of nitrogens with zero attached hydrogens (tertiary/aromatic N) is 1. The van der Waals surface area contributed by atoms with Crippen LogP contribution in [-0.2, 0) is 14.3 Å². The first-order valence-corrected chi connectivity index (χ1v) is 5.11. The molecule has 0 aliphatic carbocycles. The van der Waals surface area contributed by atoms with E-state index < -0.39 is 24.0 Å². The summed E-state index contributed by atoms with van der Waals surface area (Å²) in [6, 6.07) is 0. The largest absolute Gasteiger partial charge is 0.481 e. The van der Waals surface area contributed by atoms with E-state index in [0.717, 1.165) is 0 Å². The fourth-order valence-electron chi connectivity index (χ4n) is 0.801. The lowest BCUT2D eigenvalue weighted by atomic mass is 9.94. The van der Waals surface area contributed by atoms with Crippen LogP contribution in [0.25, 0.3) is 0 Å². The molecule has 0 radical (unpaired) electrons. The standard InChI is InChI=1S/C11H19NO4/c1-7(2)11(3,4)16-10(15)8(12-5)6-9(13)14/h7H,6H2,1-5H3,(H,13,14). The van der Waals surface area contributed by atoms with E-state index >= 15 is 0 Å². The molecule has 92 valence electrons. The van der Waals surface area contributed by atoms with Gasteiger partial charge in [-0.2, -0.15) is 0 Å². The molecule has 0 aromatic carbocycles. The van der Waals surface area contributed by atoms with Gasteiger partial charge in [-0.3, -0.25) is 9.79 Å². The van der Waals surface area contributed by atoms with Gasteiger partial charge in [0, 0.05) is 7.05 Å². The van der Waals surface area contributed by atoms with Crippen LogP contribution >= 0.6 is 0 Å². The Hall–Kier alpha value is -1.39. The fourth-order valence-corrected chi connectivity index (χ4v) is 0.801. The highest BCUT2D eigenvalue weighted by Crippen LogP contribution is 2.20. The van der Waals surface area contributed by atoms with Gasteiger partial charge in [0.25, 0.3) is 0 Å². The Labute approximate surface area is 95.5 Å². The van der Waals surface area contributed by atoms with Crippen LogP contribution in [0.4, 0.5) is 0 Å². The Balaban J connectivity index is 4.62. The van der Waals surface area contributed by atoms with Crippen molar-refractivity contribution in [1.82, 2.24) is 0 Å². The second-order valence-corrected chi connectivity index (χ2v) is 4.39. The molecule has 1 N–H and O–H groups in total. The zero-order valence-electron chi connectivity index (χ0n) is 10.4. The molecule has 0 spiro atoms. The summed E-state index contributed by atoms with van der Waals surface area (Å²) in [5.74, 6) is -1.62. The van der Waals surface area contributed by atoms with Gasteiger partial charge in [0.2, 0.25) is 0 Å². The number of rotatable bonds is 5. The normalized spacial score (nSPS) is 12.8. The summed E-state index contributed by atoms with van der Waals surface area (Å²) in [5.41, 5.74) is -0.702. The van der Waals surface area contributed by atoms with Crippen molar-refractivity contribution in [2.24, 2.45) is 10.9 Å². The summed E-state index contributed by atoms with van der Waals surface area (Å²) < 4.78 is 5.22. The first kappa shape index (κ1) is 14.6. The Bertz CT molecular complexity index is 305. The summed E-state index contributed by atoms with van der Waals surface area (Å²) in [5, 5.41) is 8.58. The van der Waals surface area contributed by atoms with Crippen LogP contribution in [0.15, 0.2) is 4.99 Å². The van der Waals surface area contributed by atoms with Crippen molar-refractivity contribution in [1.29, 1.82) is 0 Å². The molecule has 0 aromatic rings. The molecule has 0 aromatic heterocycles. The van der Waals surface area contributed by atoms with E-state index in [1.165, 1.54) is 7.05 Å². The monoisotopic (exact) mass is 229 g/mol. The maximum atomic E-state index is 11.6. The lowest BCUT2D eigenvalue weighted by Crippen LogP contribution is -2.36. The average molecular weight is 229 g/mol. The molecule has 5 nitrogen and oxygen atoms in total. The molecule has 0 heterocycles. The third kappa shape index (κ3) is 4.42. The zero-order valence-corrected chi connectivity index (χ0v) is 10.4. The van der Waals surface area contributed by atoms with Crippen LogP contribution in [0.2, 0.25) is 0 Å². The highest BCUT2D eigenvalue weighted by molar-refractivity contribution is 6.39. The quantitative estimate of drug-likeness (QED) is 0.572. The van der Waals surface area contributed by atoms with E-state index in [-0.39, 0.29) is 11.6 Å². The maximum absolute atomic E-state index is 11.6. The number of ether oxygens (including phenoxy) is 1. The summed E-state index contributed by atoms with van der Waals surface area (Å²) in [6.45, 7) is 7.41. The van der Waals surface area contributed by atoms with Gasteiger partial charge in [-0.15, -0.1) is 0 Å². The second-order valence-electron chi connectivity index (χ2n) is 4.39. The molecule has 0 amide bonds. The van der Waals surface area contributed by atoms with E-state index in [9.17, 15) is 9.59 Å². The Morgan fingerprint density at radius 2 is 1.88 bits per heavy atom. The Kier molecular flexibility index (Phi) is 5.14. The third-order valence-corrected chi connectivity index (χ3v) is 2.57. The summed E-state index contributed by atoms with van der Waals surface area (Å²) in [6.07, 6.45) is -0.413. The molecular weight excluding hydrogens is 210 g/mol. The fraction of sp³-hybridized carbons (Fsp3) is 0.727. The van der Waals surface area contributed by atoms with Gasteiger partial charge in [-0.1, -0.05) is 13.8 Å². The van der Waals surface area contributed by atoms with E-state index in [4.69, 9.17) is 9.84 Å². The summed E-state index contributed by atoms with van der Waals surface area (Å²) in [4.78, 5) is 25.7. The molecule has 16 heavy (non-hydrogen) atoms. The first-order valence-electron chi connectivity index (χ1n) is 5.11. The number of carbonyl (C=O) groups is 2. The molecule has 0 aliphatic heterocycles. The van der Waals surface area contributed by atoms with Gasteiger partial charge in [0.05, 0.1) is 6.42 Å². The number of carboxylic acids is 1. The van der Waals surface area contributed by atoms with Crippen molar-refractivity contribution in [3.05, 3.63) is 0 Å². The molecule has 0 saturated carbocycles. The third-order valence-electron chi connectivity index (χ3n) is 2.57. The van der Waals surface area contributed by atoms with Crippen molar-refractivity contribution in [3.8, 4) is 0 Å². The molecule has 0 rings (SSSR count). The van der Waals surface area contributed by atoms with Gasteiger partial charge < -0.3 is 9.84 Å². The zero-order chi connectivity index (χ0) is 12.9. The van der Waals surface area contributed by atoms with Crippen molar-refractivity contribution in [3.63, 3.8) is 0 Å². The molecule has 0 saturated heterocycles. The molecule has 0 atom stereocenters. The highest BCUT2D eigenvalue weighted by atomic mass is 16.6. The van der Waals surface area contributed by atoms with Crippen LogP contribution in [0, 0.1) is 5.92 Å². The minimum Gasteiger partial charge on any atom is -0.481 e. The predicted molar refractivity (Wildman–Crippen MR) is 60.6 cm³/mol. The Morgan fingerprint density at radius 3 is 2.19 bits per heavy atom. The molecule has 0 fully saturated rings. The van der Waals surface area contributed by atoms with Gasteiger partial charge in [0.15, 0.2) is 0 Å². The van der Waals surface area contributed by atoms with Crippen LogP contribution in [-0.4, -0.2) is 35.4 Å². The molecule has 0 unspecified atom stereocenters. The topological polar surface area (TPSA) is 76.0 Å². The molecule has 0 bridgehead atoms. The van der Waals surface area contributed by atoms with E-state index in [1.54, 1.807) is 13.8 Å². The minimum atomic E-state index is -1.10.